The van der Waals surface area contributed by atoms with E-state index < -0.39 is 0 Å². The normalized spacial score (nSPS) is 10.7. The molecule has 0 bridgehead atoms. The fourth-order valence-corrected chi connectivity index (χ4v) is 2.91. The monoisotopic (exact) mass is 279 g/mol. The predicted octanol–water partition coefficient (Wildman–Crippen LogP) is 1.13. The summed E-state index contributed by atoms with van der Waals surface area (Å²) in [7, 11) is 4.24. The Morgan fingerprint density at radius 2 is 1.92 bits per heavy atom. The second kappa shape index (κ2) is 4.87. The van der Waals surface area contributed by atoms with Crippen molar-refractivity contribution in [3.05, 3.63) is 29.8 Å². The zero-order chi connectivity index (χ0) is 8.97. The number of hydrogen-bond acceptors (Lipinski definition) is 1. The van der Waals surface area contributed by atoms with Gasteiger partial charge >= 0.3 is 84.9 Å². The van der Waals surface area contributed by atoms with Crippen LogP contribution in [-0.4, -0.2) is 39.9 Å². The van der Waals surface area contributed by atoms with Gasteiger partial charge in [0.05, 0.1) is 0 Å². The van der Waals surface area contributed by atoms with E-state index in [-0.39, 0.29) is 20.9 Å². The molecule has 0 aromatic heterocycles. The van der Waals surface area contributed by atoms with Crippen molar-refractivity contribution < 1.29 is 0 Å². The van der Waals surface area contributed by atoms with Crippen LogP contribution in [0.25, 0.3) is 0 Å². The van der Waals surface area contributed by atoms with E-state index in [1.165, 1.54) is 5.56 Å². The summed E-state index contributed by atoms with van der Waals surface area (Å²) in [6.45, 7) is 1.08. The van der Waals surface area contributed by atoms with Crippen LogP contribution in [0.4, 0.5) is 0 Å². The second-order valence-electron chi connectivity index (χ2n) is 3.05. The van der Waals surface area contributed by atoms with Crippen LogP contribution < -0.4 is 3.61 Å². The SMILES string of the molecule is C[Te]c1ccccc1CN(C)C. The van der Waals surface area contributed by atoms with Gasteiger partial charge in [0, 0.05) is 0 Å². The molecule has 0 N–H and O–H groups in total. The van der Waals surface area contributed by atoms with Crippen LogP contribution in [0.1, 0.15) is 5.56 Å². The number of rotatable bonds is 3. The van der Waals surface area contributed by atoms with Crippen LogP contribution >= 0.6 is 0 Å². The molecule has 2 heteroatoms. The molecule has 0 aliphatic heterocycles. The molecule has 0 aliphatic rings. The molecule has 1 aromatic rings. The molecule has 0 radical (unpaired) electrons. The van der Waals surface area contributed by atoms with Crippen LogP contribution in [0.5, 0.6) is 0 Å². The van der Waals surface area contributed by atoms with Gasteiger partial charge in [0.2, 0.25) is 0 Å². The third-order valence-corrected chi connectivity index (χ3v) is 4.07. The van der Waals surface area contributed by atoms with E-state index >= 15 is 0 Å². The quantitative estimate of drug-likeness (QED) is 0.748. The van der Waals surface area contributed by atoms with E-state index in [0.717, 1.165) is 6.54 Å². The van der Waals surface area contributed by atoms with E-state index in [1.807, 2.05) is 0 Å². The van der Waals surface area contributed by atoms with Crippen LogP contribution in [-0.2, 0) is 6.54 Å². The first-order valence-corrected chi connectivity index (χ1v) is 7.50. The Morgan fingerprint density at radius 3 is 2.50 bits per heavy atom. The van der Waals surface area contributed by atoms with Gasteiger partial charge in [-0.1, -0.05) is 0 Å². The van der Waals surface area contributed by atoms with Crippen molar-refractivity contribution in [1.82, 2.24) is 4.90 Å². The Bertz CT molecular complexity index is 245. The van der Waals surface area contributed by atoms with Gasteiger partial charge in [0.25, 0.3) is 0 Å². The van der Waals surface area contributed by atoms with Gasteiger partial charge in [-0.15, -0.1) is 0 Å². The minimum absolute atomic E-state index is 0.0654. The van der Waals surface area contributed by atoms with E-state index in [0.29, 0.717) is 0 Å². The Hall–Kier alpha value is -0.0304. The predicted molar refractivity (Wildman–Crippen MR) is 55.1 cm³/mol. The first kappa shape index (κ1) is 10.1. The molecular formula is C10H15NTe. The number of benzene rings is 1. The summed E-state index contributed by atoms with van der Waals surface area (Å²) in [4.78, 5) is 4.56. The van der Waals surface area contributed by atoms with Crippen LogP contribution in [0, 0.1) is 0 Å². The number of nitrogens with zero attached hydrogens (tertiary/aromatic N) is 1. The van der Waals surface area contributed by atoms with E-state index in [4.69, 9.17) is 0 Å². The minimum atomic E-state index is 0.0654. The van der Waals surface area contributed by atoms with Crippen molar-refractivity contribution in [3.63, 3.8) is 0 Å². The average Bonchev–Trinajstić information content (AvgIpc) is 2.04. The Labute approximate surface area is 84.9 Å². The fraction of sp³-hybridized carbons (Fsp3) is 0.400. The Morgan fingerprint density at radius 1 is 1.25 bits per heavy atom. The second-order valence-corrected chi connectivity index (χ2v) is 5.47. The molecule has 12 heavy (non-hydrogen) atoms. The zero-order valence-electron chi connectivity index (χ0n) is 7.87. The summed E-state index contributed by atoms with van der Waals surface area (Å²) in [5, 5.41) is 0. The standard InChI is InChI=1S/C10H15NTe/c1-11(2)8-9-6-4-5-7-10(9)12-3/h4-7H,8H2,1-3H3. The maximum atomic E-state index is 2.33. The third-order valence-electron chi connectivity index (χ3n) is 1.68. The van der Waals surface area contributed by atoms with Crippen LogP contribution in [0.15, 0.2) is 24.3 Å². The van der Waals surface area contributed by atoms with Crippen molar-refractivity contribution in [3.8, 4) is 0 Å². The molecule has 0 saturated carbocycles. The molecule has 0 atom stereocenters. The van der Waals surface area contributed by atoms with Crippen molar-refractivity contribution in [2.24, 2.45) is 0 Å². The van der Waals surface area contributed by atoms with Gasteiger partial charge in [-0.3, -0.25) is 0 Å². The van der Waals surface area contributed by atoms with Crippen molar-refractivity contribution in [1.29, 1.82) is 0 Å². The number of hydrogen-bond donors (Lipinski definition) is 0. The van der Waals surface area contributed by atoms with E-state index in [9.17, 15) is 0 Å². The first-order chi connectivity index (χ1) is 5.74. The van der Waals surface area contributed by atoms with Gasteiger partial charge in [0.1, 0.15) is 0 Å². The molecule has 0 fully saturated rings. The zero-order valence-corrected chi connectivity index (χ0v) is 10.2. The summed E-state index contributed by atoms with van der Waals surface area (Å²) in [5.74, 6) is 0. The summed E-state index contributed by atoms with van der Waals surface area (Å²) < 4.78 is 1.59. The van der Waals surface area contributed by atoms with Crippen LogP contribution in [0.2, 0.25) is 4.97 Å². The first-order valence-electron chi connectivity index (χ1n) is 4.00. The average molecular weight is 277 g/mol. The van der Waals surface area contributed by atoms with E-state index in [2.05, 4.69) is 48.2 Å². The van der Waals surface area contributed by atoms with Crippen molar-refractivity contribution in [2.75, 3.05) is 14.1 Å². The molecule has 66 valence electrons. The molecule has 0 heterocycles. The van der Waals surface area contributed by atoms with E-state index in [1.54, 1.807) is 3.61 Å². The molecule has 1 rings (SSSR count). The van der Waals surface area contributed by atoms with Crippen molar-refractivity contribution in [2.45, 2.75) is 11.5 Å². The topological polar surface area (TPSA) is 3.24 Å². The molecule has 0 amide bonds. The molecule has 1 aromatic carbocycles. The molecular weight excluding hydrogens is 262 g/mol. The summed E-state index contributed by atoms with van der Waals surface area (Å²) in [5.41, 5.74) is 1.51. The molecule has 0 spiro atoms. The molecule has 0 saturated heterocycles. The summed E-state index contributed by atoms with van der Waals surface area (Å²) in [6.07, 6.45) is 0. The molecule has 1 nitrogen and oxygen atoms in total. The molecule has 0 unspecified atom stereocenters. The van der Waals surface area contributed by atoms with Gasteiger partial charge in [0.15, 0.2) is 0 Å². The maximum absolute atomic E-state index is 2.33. The van der Waals surface area contributed by atoms with Gasteiger partial charge in [-0.05, 0) is 0 Å². The van der Waals surface area contributed by atoms with Crippen LogP contribution in [0.3, 0.4) is 0 Å². The third kappa shape index (κ3) is 2.79. The van der Waals surface area contributed by atoms with Gasteiger partial charge in [-0.25, -0.2) is 0 Å². The van der Waals surface area contributed by atoms with Crippen molar-refractivity contribution >= 4 is 24.5 Å². The summed E-state index contributed by atoms with van der Waals surface area (Å²) in [6, 6.07) is 8.78. The molecule has 0 aliphatic carbocycles. The fourth-order valence-electron chi connectivity index (χ4n) is 1.17. The van der Waals surface area contributed by atoms with Gasteiger partial charge in [-0.2, -0.15) is 0 Å². The summed E-state index contributed by atoms with van der Waals surface area (Å²) >= 11 is 0.0654. The van der Waals surface area contributed by atoms with Gasteiger partial charge < -0.3 is 0 Å². The Kier molecular flexibility index (Phi) is 4.08. The Balaban J connectivity index is 2.82.